The molecular formula is C18H28N2O. The van der Waals surface area contributed by atoms with E-state index in [0.29, 0.717) is 11.9 Å². The molecule has 0 aromatic heterocycles. The maximum atomic E-state index is 12.7. The van der Waals surface area contributed by atoms with Gasteiger partial charge in [-0.3, -0.25) is 10.1 Å². The van der Waals surface area contributed by atoms with Crippen molar-refractivity contribution in [3.8, 4) is 0 Å². The van der Waals surface area contributed by atoms with Gasteiger partial charge in [-0.2, -0.15) is 0 Å². The molecule has 0 saturated carbocycles. The number of carbonyl (C=O) groups is 1. The lowest BCUT2D eigenvalue weighted by atomic mass is 10.1. The number of amides is 1. The zero-order chi connectivity index (χ0) is 15.2. The van der Waals surface area contributed by atoms with Crippen LogP contribution in [0.3, 0.4) is 0 Å². The van der Waals surface area contributed by atoms with Gasteiger partial charge in [-0.1, -0.05) is 50.6 Å². The number of nitrogens with one attached hydrogen (secondary N) is 1. The fourth-order valence-electron chi connectivity index (χ4n) is 3.10. The molecule has 0 radical (unpaired) electrons. The summed E-state index contributed by atoms with van der Waals surface area (Å²) in [5.74, 6) is 0.290. The van der Waals surface area contributed by atoms with Gasteiger partial charge in [0.1, 0.15) is 0 Å². The van der Waals surface area contributed by atoms with Gasteiger partial charge in [0.05, 0.1) is 12.2 Å². The average Bonchev–Trinajstić information content (AvgIpc) is 2.82. The Morgan fingerprint density at radius 1 is 1.19 bits per heavy atom. The molecule has 1 amide bonds. The Morgan fingerprint density at radius 3 is 2.52 bits per heavy atom. The number of rotatable bonds is 7. The number of hydrogen-bond acceptors (Lipinski definition) is 2. The number of hydrogen-bond donors (Lipinski definition) is 1. The molecule has 1 fully saturated rings. The van der Waals surface area contributed by atoms with Crippen molar-refractivity contribution in [2.75, 3.05) is 0 Å². The largest absolute Gasteiger partial charge is 0.323 e. The third-order valence-corrected chi connectivity index (χ3v) is 4.47. The Hall–Kier alpha value is -1.35. The van der Waals surface area contributed by atoms with Crippen LogP contribution < -0.4 is 5.32 Å². The monoisotopic (exact) mass is 288 g/mol. The lowest BCUT2D eigenvalue weighted by Crippen LogP contribution is -2.42. The summed E-state index contributed by atoms with van der Waals surface area (Å²) in [5.41, 5.74) is 1.31. The predicted octanol–water partition coefficient (Wildman–Crippen LogP) is 3.34. The van der Waals surface area contributed by atoms with Crippen LogP contribution in [-0.4, -0.2) is 29.1 Å². The molecular weight excluding hydrogens is 260 g/mol. The normalized spacial score (nSPS) is 23.6. The lowest BCUT2D eigenvalue weighted by molar-refractivity contribution is -0.132. The Balaban J connectivity index is 1.99. The fourth-order valence-corrected chi connectivity index (χ4v) is 3.10. The van der Waals surface area contributed by atoms with E-state index >= 15 is 0 Å². The second-order valence-electron chi connectivity index (χ2n) is 6.05. The highest BCUT2D eigenvalue weighted by Gasteiger charge is 2.39. The van der Waals surface area contributed by atoms with E-state index in [2.05, 4.69) is 55.3 Å². The van der Waals surface area contributed by atoms with Gasteiger partial charge in [-0.05, 0) is 38.2 Å². The third-order valence-electron chi connectivity index (χ3n) is 4.47. The first kappa shape index (κ1) is 16.0. The summed E-state index contributed by atoms with van der Waals surface area (Å²) in [5, 5.41) is 3.55. The van der Waals surface area contributed by atoms with Crippen molar-refractivity contribution in [3.63, 3.8) is 0 Å². The van der Waals surface area contributed by atoms with E-state index in [1.54, 1.807) is 0 Å². The van der Waals surface area contributed by atoms with Crippen LogP contribution in [0.4, 0.5) is 0 Å². The fraction of sp³-hybridized carbons (Fsp3) is 0.611. The van der Waals surface area contributed by atoms with Crippen LogP contribution >= 0.6 is 0 Å². The van der Waals surface area contributed by atoms with Gasteiger partial charge in [0.2, 0.25) is 5.91 Å². The topological polar surface area (TPSA) is 32.3 Å². The SMILES string of the molecule is CCCC1NC(CCc2ccccc2)C(=O)N1C(C)CC. The molecule has 21 heavy (non-hydrogen) atoms. The summed E-state index contributed by atoms with van der Waals surface area (Å²) in [7, 11) is 0. The van der Waals surface area contributed by atoms with Gasteiger partial charge in [0.15, 0.2) is 0 Å². The van der Waals surface area contributed by atoms with Crippen LogP contribution in [0.1, 0.15) is 52.0 Å². The molecule has 1 N–H and O–H groups in total. The smallest absolute Gasteiger partial charge is 0.241 e. The second-order valence-corrected chi connectivity index (χ2v) is 6.05. The molecule has 3 unspecified atom stereocenters. The Morgan fingerprint density at radius 2 is 1.90 bits per heavy atom. The van der Waals surface area contributed by atoms with Crippen LogP contribution in [0.2, 0.25) is 0 Å². The van der Waals surface area contributed by atoms with E-state index in [4.69, 9.17) is 0 Å². The van der Waals surface area contributed by atoms with Crippen molar-refractivity contribution in [2.45, 2.75) is 71.1 Å². The van der Waals surface area contributed by atoms with Gasteiger partial charge in [-0.25, -0.2) is 0 Å². The molecule has 116 valence electrons. The maximum Gasteiger partial charge on any atom is 0.241 e. The van der Waals surface area contributed by atoms with Crippen LogP contribution in [-0.2, 0) is 11.2 Å². The van der Waals surface area contributed by atoms with Crippen molar-refractivity contribution >= 4 is 5.91 Å². The summed E-state index contributed by atoms with van der Waals surface area (Å²) in [6.45, 7) is 6.48. The molecule has 1 saturated heterocycles. The molecule has 1 heterocycles. The summed E-state index contributed by atoms with van der Waals surface area (Å²) < 4.78 is 0. The zero-order valence-corrected chi connectivity index (χ0v) is 13.5. The molecule has 2 rings (SSSR count). The van der Waals surface area contributed by atoms with Crippen molar-refractivity contribution in [2.24, 2.45) is 0 Å². The van der Waals surface area contributed by atoms with Gasteiger partial charge < -0.3 is 4.90 Å². The first-order chi connectivity index (χ1) is 10.2. The lowest BCUT2D eigenvalue weighted by Gasteiger charge is -2.29. The van der Waals surface area contributed by atoms with Crippen LogP contribution in [0.5, 0.6) is 0 Å². The predicted molar refractivity (Wildman–Crippen MR) is 87.0 cm³/mol. The molecule has 1 aliphatic heterocycles. The molecule has 3 atom stereocenters. The van der Waals surface area contributed by atoms with Crippen molar-refractivity contribution in [1.29, 1.82) is 0 Å². The van der Waals surface area contributed by atoms with Crippen molar-refractivity contribution in [3.05, 3.63) is 35.9 Å². The van der Waals surface area contributed by atoms with E-state index in [1.165, 1.54) is 5.56 Å². The minimum Gasteiger partial charge on any atom is -0.323 e. The standard InChI is InChI=1S/C18H28N2O/c1-4-9-17-19-16(18(21)20(17)14(3)5-2)13-12-15-10-7-6-8-11-15/h6-8,10-11,14,16-17,19H,4-5,9,12-13H2,1-3H3. The zero-order valence-electron chi connectivity index (χ0n) is 13.5. The first-order valence-electron chi connectivity index (χ1n) is 8.29. The second kappa shape index (κ2) is 7.60. The van der Waals surface area contributed by atoms with E-state index in [1.807, 2.05) is 6.07 Å². The van der Waals surface area contributed by atoms with Crippen LogP contribution in [0.25, 0.3) is 0 Å². The number of nitrogens with zero attached hydrogens (tertiary/aromatic N) is 1. The Labute approximate surface area is 128 Å². The summed E-state index contributed by atoms with van der Waals surface area (Å²) in [6.07, 6.45) is 5.21. The summed E-state index contributed by atoms with van der Waals surface area (Å²) >= 11 is 0. The molecule has 1 aromatic carbocycles. The number of benzene rings is 1. The van der Waals surface area contributed by atoms with Gasteiger partial charge in [0, 0.05) is 6.04 Å². The van der Waals surface area contributed by atoms with E-state index in [0.717, 1.165) is 32.1 Å². The Bertz CT molecular complexity index is 446. The quantitative estimate of drug-likeness (QED) is 0.834. The highest BCUT2D eigenvalue weighted by Crippen LogP contribution is 2.22. The average molecular weight is 288 g/mol. The van der Waals surface area contributed by atoms with E-state index in [9.17, 15) is 4.79 Å². The Kier molecular flexibility index (Phi) is 5.80. The summed E-state index contributed by atoms with van der Waals surface area (Å²) in [4.78, 5) is 14.8. The summed E-state index contributed by atoms with van der Waals surface area (Å²) in [6, 6.07) is 10.7. The van der Waals surface area contributed by atoms with Crippen molar-refractivity contribution < 1.29 is 4.79 Å². The molecule has 0 spiro atoms. The molecule has 3 heteroatoms. The minimum atomic E-state index is -0.0178. The van der Waals surface area contributed by atoms with Crippen LogP contribution in [0, 0.1) is 0 Å². The highest BCUT2D eigenvalue weighted by molar-refractivity contribution is 5.84. The van der Waals surface area contributed by atoms with Crippen molar-refractivity contribution in [1.82, 2.24) is 10.2 Å². The van der Waals surface area contributed by atoms with Gasteiger partial charge in [0.25, 0.3) is 0 Å². The minimum absolute atomic E-state index is 0.0178. The third kappa shape index (κ3) is 3.85. The van der Waals surface area contributed by atoms with E-state index < -0.39 is 0 Å². The molecule has 3 nitrogen and oxygen atoms in total. The first-order valence-corrected chi connectivity index (χ1v) is 8.29. The molecule has 0 aliphatic carbocycles. The number of carbonyl (C=O) groups excluding carboxylic acids is 1. The molecule has 1 aliphatic rings. The maximum absolute atomic E-state index is 12.7. The van der Waals surface area contributed by atoms with Crippen LogP contribution in [0.15, 0.2) is 30.3 Å². The molecule has 0 bridgehead atoms. The van der Waals surface area contributed by atoms with Gasteiger partial charge in [-0.15, -0.1) is 0 Å². The number of aryl methyl sites for hydroxylation is 1. The van der Waals surface area contributed by atoms with E-state index in [-0.39, 0.29) is 12.2 Å². The highest BCUT2D eigenvalue weighted by atomic mass is 16.2. The van der Waals surface area contributed by atoms with Gasteiger partial charge >= 0.3 is 0 Å². The molecule has 1 aromatic rings.